The molecule has 3 rings (SSSR count). The lowest BCUT2D eigenvalue weighted by Crippen LogP contribution is -2.07. The molecular formula is C19H16Cl2N4O4. The van der Waals surface area contributed by atoms with E-state index in [9.17, 15) is 20.0 Å². The molecule has 0 spiro atoms. The van der Waals surface area contributed by atoms with Crippen LogP contribution in [0.2, 0.25) is 10.0 Å². The molecule has 150 valence electrons. The highest BCUT2D eigenvalue weighted by Crippen LogP contribution is 2.33. The van der Waals surface area contributed by atoms with Gasteiger partial charge in [0.05, 0.1) is 10.5 Å². The number of pyridine rings is 1. The fourth-order valence-electron chi connectivity index (χ4n) is 2.81. The van der Waals surface area contributed by atoms with Crippen molar-refractivity contribution in [1.29, 1.82) is 0 Å². The van der Waals surface area contributed by atoms with Gasteiger partial charge in [0, 0.05) is 52.7 Å². The van der Waals surface area contributed by atoms with Crippen LogP contribution in [0.4, 0.5) is 11.5 Å². The molecule has 29 heavy (non-hydrogen) atoms. The van der Waals surface area contributed by atoms with Crippen LogP contribution >= 0.6 is 23.2 Å². The van der Waals surface area contributed by atoms with Gasteiger partial charge in [0.15, 0.2) is 0 Å². The van der Waals surface area contributed by atoms with Gasteiger partial charge in [0.25, 0.3) is 5.69 Å². The van der Waals surface area contributed by atoms with Gasteiger partial charge >= 0.3 is 5.97 Å². The second kappa shape index (κ2) is 8.93. The highest BCUT2D eigenvalue weighted by Gasteiger charge is 2.17. The summed E-state index contributed by atoms with van der Waals surface area (Å²) in [5.74, 6) is -0.513. The fraction of sp³-hybridized carbons (Fsp3) is 0.158. The van der Waals surface area contributed by atoms with E-state index >= 15 is 0 Å². The Balaban J connectivity index is 1.65. The maximum absolute atomic E-state index is 11.6. The Morgan fingerprint density at radius 1 is 1.21 bits per heavy atom. The molecule has 0 amide bonds. The summed E-state index contributed by atoms with van der Waals surface area (Å²) in [7, 11) is 0. The highest BCUT2D eigenvalue weighted by atomic mass is 35.5. The van der Waals surface area contributed by atoms with Crippen LogP contribution in [0, 0.1) is 10.1 Å². The summed E-state index contributed by atoms with van der Waals surface area (Å²) in [6.07, 6.45) is 5.17. The number of rotatable bonds is 8. The average Bonchev–Trinajstić information content (AvgIpc) is 3.10. The standard InChI is InChI=1S/C19H16Cl2N4O4/c20-12-2-4-14(17(21)8-12)15-10-24(11-16(15)19(26)27)7-1-6-22-18-5-3-13(9-23-18)25(28)29/h2-5,8-11H,1,6-7H2,(H,22,23)(H,26,27). The first-order valence-electron chi connectivity index (χ1n) is 8.58. The third kappa shape index (κ3) is 5.04. The number of benzene rings is 1. The van der Waals surface area contributed by atoms with Crippen molar-refractivity contribution in [2.45, 2.75) is 13.0 Å². The van der Waals surface area contributed by atoms with Gasteiger partial charge in [-0.05, 0) is 24.6 Å². The Labute approximate surface area is 175 Å². The van der Waals surface area contributed by atoms with Crippen LogP contribution < -0.4 is 5.32 Å². The normalized spacial score (nSPS) is 10.7. The van der Waals surface area contributed by atoms with E-state index in [2.05, 4.69) is 10.3 Å². The van der Waals surface area contributed by atoms with Crippen molar-refractivity contribution >= 4 is 40.7 Å². The Bertz CT molecular complexity index is 1050. The summed E-state index contributed by atoms with van der Waals surface area (Å²) in [5.41, 5.74) is 1.20. The van der Waals surface area contributed by atoms with E-state index in [-0.39, 0.29) is 11.3 Å². The molecule has 0 aliphatic rings. The summed E-state index contributed by atoms with van der Waals surface area (Å²) in [5, 5.41) is 24.1. The van der Waals surface area contributed by atoms with E-state index in [1.165, 1.54) is 18.3 Å². The SMILES string of the molecule is O=C(O)c1cn(CCCNc2ccc([N+](=O)[O-])cn2)cc1-c1ccc(Cl)cc1Cl. The molecule has 0 fully saturated rings. The van der Waals surface area contributed by atoms with E-state index in [1.54, 1.807) is 35.2 Å². The van der Waals surface area contributed by atoms with Gasteiger partial charge < -0.3 is 15.0 Å². The third-order valence-electron chi connectivity index (χ3n) is 4.19. The Hall–Kier alpha value is -3.10. The first-order valence-corrected chi connectivity index (χ1v) is 9.33. The van der Waals surface area contributed by atoms with Gasteiger partial charge in [-0.3, -0.25) is 10.1 Å². The Morgan fingerprint density at radius 3 is 2.62 bits per heavy atom. The lowest BCUT2D eigenvalue weighted by atomic mass is 10.0. The lowest BCUT2D eigenvalue weighted by molar-refractivity contribution is -0.385. The van der Waals surface area contributed by atoms with Crippen LogP contribution in [0.1, 0.15) is 16.8 Å². The molecule has 0 saturated heterocycles. The summed E-state index contributed by atoms with van der Waals surface area (Å²) >= 11 is 12.1. The maximum atomic E-state index is 11.6. The molecule has 10 heteroatoms. The minimum Gasteiger partial charge on any atom is -0.478 e. The summed E-state index contributed by atoms with van der Waals surface area (Å²) in [6, 6.07) is 7.84. The van der Waals surface area contributed by atoms with Crippen LogP contribution in [-0.2, 0) is 6.54 Å². The van der Waals surface area contributed by atoms with Gasteiger partial charge in [-0.15, -0.1) is 0 Å². The third-order valence-corrected chi connectivity index (χ3v) is 4.74. The molecule has 2 N–H and O–H groups in total. The van der Waals surface area contributed by atoms with Crippen LogP contribution in [-0.4, -0.2) is 32.1 Å². The monoisotopic (exact) mass is 434 g/mol. The predicted octanol–water partition coefficient (Wildman–Crippen LogP) is 4.97. The van der Waals surface area contributed by atoms with Gasteiger partial charge in [-0.2, -0.15) is 0 Å². The first-order chi connectivity index (χ1) is 13.8. The zero-order valence-corrected chi connectivity index (χ0v) is 16.5. The van der Waals surface area contributed by atoms with Crippen molar-refractivity contribution in [3.63, 3.8) is 0 Å². The van der Waals surface area contributed by atoms with Crippen molar-refractivity contribution < 1.29 is 14.8 Å². The minimum absolute atomic E-state index is 0.0718. The number of halogens is 2. The number of nitrogens with zero attached hydrogens (tertiary/aromatic N) is 3. The number of hydrogen-bond donors (Lipinski definition) is 2. The minimum atomic E-state index is -1.04. The Kier molecular flexibility index (Phi) is 6.36. The van der Waals surface area contributed by atoms with Crippen molar-refractivity contribution in [1.82, 2.24) is 9.55 Å². The topological polar surface area (TPSA) is 110 Å². The second-order valence-corrected chi connectivity index (χ2v) is 7.04. The maximum Gasteiger partial charge on any atom is 0.337 e. The van der Waals surface area contributed by atoms with E-state index in [4.69, 9.17) is 23.2 Å². The Morgan fingerprint density at radius 2 is 2.00 bits per heavy atom. The molecule has 2 heterocycles. The number of nitrogens with one attached hydrogen (secondary N) is 1. The number of carboxylic acids is 1. The van der Waals surface area contributed by atoms with Crippen molar-refractivity contribution in [2.75, 3.05) is 11.9 Å². The number of aryl methyl sites for hydroxylation is 1. The molecule has 0 bridgehead atoms. The van der Waals surface area contributed by atoms with Crippen LogP contribution in [0.15, 0.2) is 48.9 Å². The zero-order valence-electron chi connectivity index (χ0n) is 15.0. The van der Waals surface area contributed by atoms with Crippen LogP contribution in [0.3, 0.4) is 0 Å². The molecule has 0 aliphatic heterocycles. The molecule has 0 atom stereocenters. The summed E-state index contributed by atoms with van der Waals surface area (Å²) in [6.45, 7) is 1.12. The zero-order chi connectivity index (χ0) is 21.0. The predicted molar refractivity (Wildman–Crippen MR) is 111 cm³/mol. The molecular weight excluding hydrogens is 419 g/mol. The van der Waals surface area contributed by atoms with Crippen molar-refractivity contribution in [3.05, 3.63) is 74.6 Å². The summed E-state index contributed by atoms with van der Waals surface area (Å²) < 4.78 is 1.79. The molecule has 0 saturated carbocycles. The number of nitro groups is 1. The quantitative estimate of drug-likeness (QED) is 0.294. The second-order valence-electron chi connectivity index (χ2n) is 6.19. The summed E-state index contributed by atoms with van der Waals surface area (Å²) in [4.78, 5) is 25.7. The number of hydrogen-bond acceptors (Lipinski definition) is 5. The van der Waals surface area contributed by atoms with Gasteiger partial charge in [0.1, 0.15) is 12.0 Å². The molecule has 0 aliphatic carbocycles. The number of aromatic nitrogens is 2. The van der Waals surface area contributed by atoms with Crippen LogP contribution in [0.25, 0.3) is 11.1 Å². The highest BCUT2D eigenvalue weighted by molar-refractivity contribution is 6.36. The van der Waals surface area contributed by atoms with E-state index < -0.39 is 10.9 Å². The molecule has 0 unspecified atom stereocenters. The molecule has 0 radical (unpaired) electrons. The lowest BCUT2D eigenvalue weighted by Gasteiger charge is -2.06. The molecule has 8 nitrogen and oxygen atoms in total. The fourth-order valence-corrected chi connectivity index (χ4v) is 3.32. The number of carboxylic acid groups (broad SMARTS) is 1. The van der Waals surface area contributed by atoms with Gasteiger partial charge in [-0.25, -0.2) is 9.78 Å². The first kappa shape index (κ1) is 20.6. The van der Waals surface area contributed by atoms with E-state index in [0.717, 1.165) is 0 Å². The van der Waals surface area contributed by atoms with E-state index in [1.807, 2.05) is 0 Å². The van der Waals surface area contributed by atoms with E-state index in [0.29, 0.717) is 46.5 Å². The number of aromatic carboxylic acids is 1. The smallest absolute Gasteiger partial charge is 0.337 e. The van der Waals surface area contributed by atoms with Crippen molar-refractivity contribution in [3.8, 4) is 11.1 Å². The van der Waals surface area contributed by atoms with Crippen molar-refractivity contribution in [2.24, 2.45) is 0 Å². The molecule has 3 aromatic rings. The number of anilines is 1. The van der Waals surface area contributed by atoms with Crippen LogP contribution in [0.5, 0.6) is 0 Å². The number of carbonyl (C=O) groups is 1. The van der Waals surface area contributed by atoms with Gasteiger partial charge in [0.2, 0.25) is 0 Å². The average molecular weight is 435 g/mol. The molecule has 2 aromatic heterocycles. The largest absolute Gasteiger partial charge is 0.478 e. The van der Waals surface area contributed by atoms with Gasteiger partial charge in [-0.1, -0.05) is 29.3 Å². The molecule has 1 aromatic carbocycles.